The van der Waals surface area contributed by atoms with Crippen LogP contribution >= 0.6 is 0 Å². The first kappa shape index (κ1) is 12.7. The predicted molar refractivity (Wildman–Crippen MR) is 89.8 cm³/mol. The summed E-state index contributed by atoms with van der Waals surface area (Å²) in [6.45, 7) is 0. The van der Waals surface area contributed by atoms with E-state index in [-0.39, 0.29) is 0 Å². The Morgan fingerprint density at radius 1 is 0.864 bits per heavy atom. The number of carbonyl (C=O) groups is 1. The molecule has 0 spiro atoms. The summed E-state index contributed by atoms with van der Waals surface area (Å²) in [5.41, 5.74) is 8.87. The molecule has 0 unspecified atom stereocenters. The molecule has 106 valence electrons. The Hall–Kier alpha value is -3.07. The maximum Gasteiger partial charge on any atom is 0.250 e. The van der Waals surface area contributed by atoms with Gasteiger partial charge in [0.25, 0.3) is 5.91 Å². The highest BCUT2D eigenvalue weighted by Gasteiger charge is 2.11. The lowest BCUT2D eigenvalue weighted by molar-refractivity contribution is 0.100. The quantitative estimate of drug-likeness (QED) is 0.573. The number of primary amides is 1. The van der Waals surface area contributed by atoms with Crippen LogP contribution in [0.1, 0.15) is 10.4 Å². The molecular formula is C19H14N2O. The zero-order valence-corrected chi connectivity index (χ0v) is 11.8. The van der Waals surface area contributed by atoms with Crippen LogP contribution in [0.5, 0.6) is 0 Å². The van der Waals surface area contributed by atoms with Crippen molar-refractivity contribution in [3.8, 4) is 11.3 Å². The van der Waals surface area contributed by atoms with E-state index >= 15 is 0 Å². The van der Waals surface area contributed by atoms with Gasteiger partial charge in [0.1, 0.15) is 0 Å². The number of hydrogen-bond donors (Lipinski definition) is 2. The Morgan fingerprint density at radius 3 is 2.45 bits per heavy atom. The fourth-order valence-electron chi connectivity index (χ4n) is 2.97. The Kier molecular flexibility index (Phi) is 2.73. The molecule has 1 heterocycles. The minimum atomic E-state index is -0.420. The van der Waals surface area contributed by atoms with Crippen molar-refractivity contribution in [1.82, 2.24) is 4.98 Å². The van der Waals surface area contributed by atoms with Crippen LogP contribution in [0.4, 0.5) is 0 Å². The summed E-state index contributed by atoms with van der Waals surface area (Å²) in [6.07, 6.45) is 0. The van der Waals surface area contributed by atoms with Crippen molar-refractivity contribution >= 4 is 27.6 Å². The van der Waals surface area contributed by atoms with Gasteiger partial charge >= 0.3 is 0 Å². The fraction of sp³-hybridized carbons (Fsp3) is 0. The number of aromatic nitrogens is 1. The van der Waals surface area contributed by atoms with Gasteiger partial charge in [0, 0.05) is 16.6 Å². The van der Waals surface area contributed by atoms with Gasteiger partial charge in [-0.2, -0.15) is 0 Å². The molecule has 22 heavy (non-hydrogen) atoms. The third kappa shape index (κ3) is 1.87. The third-order valence-electron chi connectivity index (χ3n) is 4.00. The molecular weight excluding hydrogens is 272 g/mol. The molecule has 0 aliphatic carbocycles. The molecule has 1 aromatic heterocycles. The van der Waals surface area contributed by atoms with Crippen molar-refractivity contribution < 1.29 is 4.79 Å². The molecule has 0 atom stereocenters. The first-order valence-corrected chi connectivity index (χ1v) is 7.14. The molecule has 0 bridgehead atoms. The molecule has 1 amide bonds. The number of benzene rings is 3. The van der Waals surface area contributed by atoms with Gasteiger partial charge in [-0.1, -0.05) is 54.6 Å². The van der Waals surface area contributed by atoms with E-state index in [1.165, 1.54) is 10.8 Å². The summed E-state index contributed by atoms with van der Waals surface area (Å²) in [5, 5.41) is 3.35. The van der Waals surface area contributed by atoms with E-state index in [1.54, 1.807) is 6.07 Å². The maximum atomic E-state index is 11.6. The van der Waals surface area contributed by atoms with Crippen molar-refractivity contribution in [2.75, 3.05) is 0 Å². The molecule has 0 saturated carbocycles. The first-order chi connectivity index (χ1) is 10.7. The molecule has 4 rings (SSSR count). The number of hydrogen-bond acceptors (Lipinski definition) is 1. The highest BCUT2D eigenvalue weighted by Crippen LogP contribution is 2.31. The molecule has 0 aliphatic heterocycles. The standard InChI is InChI=1S/C19H14N2O/c20-19(22)16-10-4-7-13-11-17(21-18(13)16)15-9-3-6-12-5-1-2-8-14(12)15/h1-11,21H,(H2,20,22). The molecule has 0 fully saturated rings. The summed E-state index contributed by atoms with van der Waals surface area (Å²) in [7, 11) is 0. The zero-order chi connectivity index (χ0) is 15.1. The van der Waals surface area contributed by atoms with Gasteiger partial charge in [-0.05, 0) is 22.9 Å². The molecule has 0 radical (unpaired) electrons. The van der Waals surface area contributed by atoms with E-state index in [4.69, 9.17) is 5.73 Å². The maximum absolute atomic E-state index is 11.6. The van der Waals surface area contributed by atoms with Gasteiger partial charge in [0.2, 0.25) is 0 Å². The minimum absolute atomic E-state index is 0.420. The molecule has 3 aromatic carbocycles. The summed E-state index contributed by atoms with van der Waals surface area (Å²) in [4.78, 5) is 14.9. The molecule has 3 N–H and O–H groups in total. The number of carbonyl (C=O) groups excluding carboxylic acids is 1. The fourth-order valence-corrected chi connectivity index (χ4v) is 2.97. The van der Waals surface area contributed by atoms with Crippen molar-refractivity contribution in [3.05, 3.63) is 72.3 Å². The van der Waals surface area contributed by atoms with E-state index in [1.807, 2.05) is 30.3 Å². The van der Waals surface area contributed by atoms with Gasteiger partial charge in [-0.15, -0.1) is 0 Å². The largest absolute Gasteiger partial charge is 0.366 e. The van der Waals surface area contributed by atoms with E-state index in [0.29, 0.717) is 5.56 Å². The van der Waals surface area contributed by atoms with Gasteiger partial charge < -0.3 is 10.7 Å². The lowest BCUT2D eigenvalue weighted by Crippen LogP contribution is -2.11. The Balaban J connectivity index is 2.01. The summed E-state index contributed by atoms with van der Waals surface area (Å²) >= 11 is 0. The van der Waals surface area contributed by atoms with Crippen LogP contribution in [0.15, 0.2) is 66.7 Å². The summed E-state index contributed by atoms with van der Waals surface area (Å²) < 4.78 is 0. The Morgan fingerprint density at radius 2 is 1.59 bits per heavy atom. The summed E-state index contributed by atoms with van der Waals surface area (Å²) in [6, 6.07) is 22.1. The van der Waals surface area contributed by atoms with Crippen LogP contribution in [-0.4, -0.2) is 10.9 Å². The Bertz CT molecular complexity index is 1010. The topological polar surface area (TPSA) is 58.9 Å². The van der Waals surface area contributed by atoms with Crippen molar-refractivity contribution in [1.29, 1.82) is 0 Å². The monoisotopic (exact) mass is 286 g/mol. The van der Waals surface area contributed by atoms with E-state index in [0.717, 1.165) is 22.2 Å². The SMILES string of the molecule is NC(=O)c1cccc2cc(-c3cccc4ccccc34)[nH]c12. The highest BCUT2D eigenvalue weighted by molar-refractivity contribution is 6.07. The first-order valence-electron chi connectivity index (χ1n) is 7.14. The van der Waals surface area contributed by atoms with E-state index in [2.05, 4.69) is 35.3 Å². The molecule has 4 aromatic rings. The lowest BCUT2D eigenvalue weighted by Gasteiger charge is -2.04. The highest BCUT2D eigenvalue weighted by atomic mass is 16.1. The average Bonchev–Trinajstić information content (AvgIpc) is 2.97. The average molecular weight is 286 g/mol. The van der Waals surface area contributed by atoms with Crippen molar-refractivity contribution in [2.24, 2.45) is 5.73 Å². The van der Waals surface area contributed by atoms with Crippen LogP contribution in [0.25, 0.3) is 32.9 Å². The molecule has 3 nitrogen and oxygen atoms in total. The zero-order valence-electron chi connectivity index (χ0n) is 11.8. The van der Waals surface area contributed by atoms with Crippen LogP contribution in [0.2, 0.25) is 0 Å². The van der Waals surface area contributed by atoms with Crippen LogP contribution < -0.4 is 5.73 Å². The number of amides is 1. The molecule has 0 saturated heterocycles. The Labute approximate surface area is 127 Å². The number of H-pyrrole nitrogens is 1. The summed E-state index contributed by atoms with van der Waals surface area (Å²) in [5.74, 6) is -0.420. The predicted octanol–water partition coefficient (Wildman–Crippen LogP) is 4.09. The smallest absolute Gasteiger partial charge is 0.250 e. The number of aromatic amines is 1. The van der Waals surface area contributed by atoms with Crippen molar-refractivity contribution in [3.63, 3.8) is 0 Å². The van der Waals surface area contributed by atoms with Gasteiger partial charge in [-0.25, -0.2) is 0 Å². The second-order valence-electron chi connectivity index (χ2n) is 5.34. The number of rotatable bonds is 2. The van der Waals surface area contributed by atoms with Crippen LogP contribution in [0, 0.1) is 0 Å². The van der Waals surface area contributed by atoms with E-state index in [9.17, 15) is 4.79 Å². The minimum Gasteiger partial charge on any atom is -0.366 e. The normalized spacial score (nSPS) is 11.1. The van der Waals surface area contributed by atoms with Gasteiger partial charge in [-0.3, -0.25) is 4.79 Å². The van der Waals surface area contributed by atoms with Gasteiger partial charge in [0.05, 0.1) is 11.1 Å². The van der Waals surface area contributed by atoms with Crippen LogP contribution in [-0.2, 0) is 0 Å². The van der Waals surface area contributed by atoms with E-state index < -0.39 is 5.91 Å². The second-order valence-corrected chi connectivity index (χ2v) is 5.34. The number of para-hydroxylation sites is 1. The van der Waals surface area contributed by atoms with Crippen molar-refractivity contribution in [2.45, 2.75) is 0 Å². The van der Waals surface area contributed by atoms with Gasteiger partial charge in [0.15, 0.2) is 0 Å². The third-order valence-corrected chi connectivity index (χ3v) is 4.00. The second kappa shape index (κ2) is 4.74. The number of fused-ring (bicyclic) bond motifs is 2. The lowest BCUT2D eigenvalue weighted by atomic mass is 10.0. The molecule has 0 aliphatic rings. The number of nitrogens with one attached hydrogen (secondary N) is 1. The molecule has 3 heteroatoms. The van der Waals surface area contributed by atoms with Crippen LogP contribution in [0.3, 0.4) is 0 Å². The number of nitrogens with two attached hydrogens (primary N) is 1.